The fraction of sp³-hybridized carbons (Fsp3) is 0.250. The molecule has 0 amide bonds. The quantitative estimate of drug-likeness (QED) is 0.779. The van der Waals surface area contributed by atoms with Crippen LogP contribution in [-0.2, 0) is 0 Å². The molecular weight excluding hydrogens is 398 g/mol. The van der Waals surface area contributed by atoms with Crippen LogP contribution in [0.3, 0.4) is 0 Å². The maximum Gasteiger partial charge on any atom is 0.133 e. The Morgan fingerprint density at radius 1 is 1.00 bits per heavy atom. The van der Waals surface area contributed by atoms with Crippen LogP contribution in [0.5, 0.6) is 11.5 Å². The van der Waals surface area contributed by atoms with Crippen LogP contribution in [0, 0.1) is 0 Å². The van der Waals surface area contributed by atoms with Crippen LogP contribution >= 0.6 is 31.9 Å². The number of rotatable bonds is 5. The van der Waals surface area contributed by atoms with E-state index in [0.717, 1.165) is 31.6 Å². The first kappa shape index (κ1) is 16.3. The zero-order chi connectivity index (χ0) is 15.4. The van der Waals surface area contributed by atoms with Crippen molar-refractivity contribution in [2.24, 2.45) is 0 Å². The van der Waals surface area contributed by atoms with Crippen molar-refractivity contribution in [1.82, 2.24) is 5.32 Å². The normalized spacial score (nSPS) is 12.0. The molecule has 0 aliphatic carbocycles. The standard InChI is InChI=1S/C16H17Br2NO2/c1-19-16(10-5-4-6-11(17)7-10)12-8-15(21-3)13(18)9-14(12)20-2/h4-9,16,19H,1-3H3. The van der Waals surface area contributed by atoms with Crippen molar-refractivity contribution in [3.63, 3.8) is 0 Å². The summed E-state index contributed by atoms with van der Waals surface area (Å²) in [5, 5.41) is 3.34. The average Bonchev–Trinajstić information content (AvgIpc) is 2.49. The lowest BCUT2D eigenvalue weighted by Crippen LogP contribution is -2.18. The fourth-order valence-electron chi connectivity index (χ4n) is 2.30. The Morgan fingerprint density at radius 2 is 1.71 bits per heavy atom. The van der Waals surface area contributed by atoms with E-state index in [0.29, 0.717) is 0 Å². The lowest BCUT2D eigenvalue weighted by molar-refractivity contribution is 0.393. The van der Waals surface area contributed by atoms with Gasteiger partial charge in [-0.2, -0.15) is 0 Å². The Kier molecular flexibility index (Phi) is 5.67. The summed E-state index contributed by atoms with van der Waals surface area (Å²) in [7, 11) is 5.26. The Hall–Kier alpha value is -1.04. The molecule has 0 saturated carbocycles. The molecule has 2 rings (SSSR count). The second-order valence-corrected chi connectivity index (χ2v) is 6.28. The molecule has 1 N–H and O–H groups in total. The lowest BCUT2D eigenvalue weighted by atomic mass is 9.97. The molecule has 3 nitrogen and oxygen atoms in total. The summed E-state index contributed by atoms with van der Waals surface area (Å²) in [5.41, 5.74) is 2.17. The molecule has 1 atom stereocenters. The van der Waals surface area contributed by atoms with Crippen molar-refractivity contribution in [2.45, 2.75) is 6.04 Å². The number of hydrogen-bond donors (Lipinski definition) is 1. The third kappa shape index (κ3) is 3.59. The number of nitrogens with one attached hydrogen (secondary N) is 1. The van der Waals surface area contributed by atoms with Crippen LogP contribution in [0.15, 0.2) is 45.3 Å². The van der Waals surface area contributed by atoms with Crippen molar-refractivity contribution in [3.8, 4) is 11.5 Å². The predicted molar refractivity (Wildman–Crippen MR) is 92.3 cm³/mol. The van der Waals surface area contributed by atoms with E-state index in [9.17, 15) is 0 Å². The summed E-state index contributed by atoms with van der Waals surface area (Å²) in [4.78, 5) is 0. The van der Waals surface area contributed by atoms with Crippen molar-refractivity contribution < 1.29 is 9.47 Å². The van der Waals surface area contributed by atoms with Crippen LogP contribution in [0.1, 0.15) is 17.2 Å². The minimum Gasteiger partial charge on any atom is -0.496 e. The van der Waals surface area contributed by atoms with Crippen LogP contribution in [0.2, 0.25) is 0 Å². The van der Waals surface area contributed by atoms with E-state index in [-0.39, 0.29) is 6.04 Å². The summed E-state index contributed by atoms with van der Waals surface area (Å²) >= 11 is 7.00. The Balaban J connectivity index is 2.56. The minimum absolute atomic E-state index is 0.0134. The van der Waals surface area contributed by atoms with Crippen LogP contribution in [0.4, 0.5) is 0 Å². The van der Waals surface area contributed by atoms with Gasteiger partial charge in [0.25, 0.3) is 0 Å². The van der Waals surface area contributed by atoms with Crippen LogP contribution in [0.25, 0.3) is 0 Å². The van der Waals surface area contributed by atoms with Gasteiger partial charge in [0.05, 0.1) is 24.7 Å². The van der Waals surface area contributed by atoms with Gasteiger partial charge in [-0.15, -0.1) is 0 Å². The molecule has 0 saturated heterocycles. The predicted octanol–water partition coefficient (Wildman–Crippen LogP) is 4.54. The number of benzene rings is 2. The van der Waals surface area contributed by atoms with E-state index < -0.39 is 0 Å². The van der Waals surface area contributed by atoms with Gasteiger partial charge < -0.3 is 14.8 Å². The Morgan fingerprint density at radius 3 is 2.29 bits per heavy atom. The highest BCUT2D eigenvalue weighted by atomic mass is 79.9. The Labute approximate surface area is 141 Å². The van der Waals surface area contributed by atoms with E-state index in [1.54, 1.807) is 14.2 Å². The molecule has 0 radical (unpaired) electrons. The largest absolute Gasteiger partial charge is 0.496 e. The number of halogens is 2. The molecule has 112 valence electrons. The highest BCUT2D eigenvalue weighted by Gasteiger charge is 2.19. The first-order valence-electron chi connectivity index (χ1n) is 6.44. The molecule has 0 aliphatic heterocycles. The molecule has 5 heteroatoms. The molecule has 2 aromatic carbocycles. The smallest absolute Gasteiger partial charge is 0.133 e. The molecule has 0 aromatic heterocycles. The fourth-order valence-corrected chi connectivity index (χ4v) is 3.20. The minimum atomic E-state index is 0.0134. The van der Waals surface area contributed by atoms with Gasteiger partial charge in [0.15, 0.2) is 0 Å². The topological polar surface area (TPSA) is 30.5 Å². The summed E-state index contributed by atoms with van der Waals surface area (Å²) in [6.45, 7) is 0. The van der Waals surface area contributed by atoms with Gasteiger partial charge >= 0.3 is 0 Å². The zero-order valence-corrected chi connectivity index (χ0v) is 15.3. The SMILES string of the molecule is CNC(c1cccc(Br)c1)c1cc(OC)c(Br)cc1OC. The molecule has 1 unspecified atom stereocenters. The first-order chi connectivity index (χ1) is 10.1. The molecule has 0 fully saturated rings. The van der Waals surface area contributed by atoms with Gasteiger partial charge in [-0.25, -0.2) is 0 Å². The monoisotopic (exact) mass is 413 g/mol. The third-order valence-electron chi connectivity index (χ3n) is 3.29. The summed E-state index contributed by atoms with van der Waals surface area (Å²) in [6, 6.07) is 12.1. The van der Waals surface area contributed by atoms with Gasteiger partial charge in [-0.05, 0) is 52.8 Å². The second kappa shape index (κ2) is 7.29. The molecule has 0 bridgehead atoms. The van der Waals surface area contributed by atoms with Crippen molar-refractivity contribution in [1.29, 1.82) is 0 Å². The number of methoxy groups -OCH3 is 2. The van der Waals surface area contributed by atoms with E-state index >= 15 is 0 Å². The van der Waals surface area contributed by atoms with Crippen molar-refractivity contribution in [3.05, 3.63) is 56.5 Å². The maximum absolute atomic E-state index is 5.52. The average molecular weight is 415 g/mol. The van der Waals surface area contributed by atoms with E-state index in [2.05, 4.69) is 49.3 Å². The van der Waals surface area contributed by atoms with Crippen molar-refractivity contribution in [2.75, 3.05) is 21.3 Å². The van der Waals surface area contributed by atoms with Crippen LogP contribution in [-0.4, -0.2) is 21.3 Å². The zero-order valence-electron chi connectivity index (χ0n) is 12.1. The second-order valence-electron chi connectivity index (χ2n) is 4.51. The lowest BCUT2D eigenvalue weighted by Gasteiger charge is -2.21. The molecule has 2 aromatic rings. The number of ether oxygens (including phenoxy) is 2. The van der Waals surface area contributed by atoms with Gasteiger partial charge in [-0.3, -0.25) is 0 Å². The van der Waals surface area contributed by atoms with Crippen LogP contribution < -0.4 is 14.8 Å². The maximum atomic E-state index is 5.52. The van der Waals surface area contributed by atoms with E-state index in [4.69, 9.17) is 9.47 Å². The highest BCUT2D eigenvalue weighted by Crippen LogP contribution is 2.38. The third-order valence-corrected chi connectivity index (χ3v) is 4.40. The molecule has 21 heavy (non-hydrogen) atoms. The Bertz CT molecular complexity index is 632. The summed E-state index contributed by atoms with van der Waals surface area (Å²) in [6.07, 6.45) is 0. The van der Waals surface area contributed by atoms with Gasteiger partial charge in [0.1, 0.15) is 11.5 Å². The van der Waals surface area contributed by atoms with E-state index in [1.807, 2.05) is 31.3 Å². The molecule has 0 spiro atoms. The highest BCUT2D eigenvalue weighted by molar-refractivity contribution is 9.10. The van der Waals surface area contributed by atoms with Gasteiger partial charge in [0.2, 0.25) is 0 Å². The molecule has 0 heterocycles. The number of hydrogen-bond acceptors (Lipinski definition) is 3. The van der Waals surface area contributed by atoms with Gasteiger partial charge in [0, 0.05) is 10.0 Å². The first-order valence-corrected chi connectivity index (χ1v) is 8.03. The molecule has 0 aliphatic rings. The van der Waals surface area contributed by atoms with Gasteiger partial charge in [-0.1, -0.05) is 28.1 Å². The van der Waals surface area contributed by atoms with Crippen molar-refractivity contribution >= 4 is 31.9 Å². The van der Waals surface area contributed by atoms with E-state index in [1.165, 1.54) is 0 Å². The molecular formula is C16H17Br2NO2. The summed E-state index contributed by atoms with van der Waals surface area (Å²) in [5.74, 6) is 1.59. The summed E-state index contributed by atoms with van der Waals surface area (Å²) < 4.78 is 12.8.